The highest BCUT2D eigenvalue weighted by molar-refractivity contribution is 5.87. The van der Waals surface area contributed by atoms with Gasteiger partial charge in [-0.3, -0.25) is 4.79 Å². The molecular weight excluding hydrogens is 421 g/mol. The number of fused-ring (bicyclic) bond motifs is 3. The van der Waals surface area contributed by atoms with Gasteiger partial charge in [0.2, 0.25) is 0 Å². The summed E-state index contributed by atoms with van der Waals surface area (Å²) in [4.78, 5) is 15.0. The molecule has 1 aliphatic rings. The summed E-state index contributed by atoms with van der Waals surface area (Å²) in [5, 5.41) is 19.4. The van der Waals surface area contributed by atoms with Gasteiger partial charge in [-0.25, -0.2) is 0 Å². The minimum atomic E-state index is -4.62. The summed E-state index contributed by atoms with van der Waals surface area (Å²) in [7, 11) is 0. The normalized spacial score (nSPS) is 16.5. The molecule has 2 unspecified atom stereocenters. The Bertz CT molecular complexity index is 1220. The smallest absolute Gasteiger partial charge is 0.417 e. The van der Waals surface area contributed by atoms with Crippen LogP contribution in [0.25, 0.3) is 10.9 Å². The maximum absolute atomic E-state index is 13.2. The third-order valence-electron chi connectivity index (χ3n) is 6.14. The fourth-order valence-corrected chi connectivity index (χ4v) is 4.58. The van der Waals surface area contributed by atoms with Crippen LogP contribution in [0.2, 0.25) is 0 Å². The molecule has 0 amide bonds. The van der Waals surface area contributed by atoms with Crippen LogP contribution in [0.4, 0.5) is 13.2 Å². The molecule has 2 atom stereocenters. The van der Waals surface area contributed by atoms with E-state index in [0.29, 0.717) is 17.7 Å². The van der Waals surface area contributed by atoms with Gasteiger partial charge >= 0.3 is 12.1 Å². The monoisotopic (exact) mass is 442 g/mol. The van der Waals surface area contributed by atoms with Crippen molar-refractivity contribution in [1.29, 1.82) is 5.26 Å². The van der Waals surface area contributed by atoms with Crippen molar-refractivity contribution in [3.63, 3.8) is 0 Å². The molecule has 1 heterocycles. The number of halogens is 3. The predicted octanol–water partition coefficient (Wildman–Crippen LogP) is 5.78. The number of benzene rings is 2. The number of aromatic amines is 1. The molecule has 2 N–H and O–H groups in total. The van der Waals surface area contributed by atoms with Crippen LogP contribution in [0, 0.1) is 17.2 Å². The van der Waals surface area contributed by atoms with Crippen LogP contribution in [-0.2, 0) is 24.0 Å². The molecule has 32 heavy (non-hydrogen) atoms. The number of H-pyrrole nitrogens is 1. The first-order chi connectivity index (χ1) is 15.2. The molecule has 1 aromatic heterocycles. The Hall–Kier alpha value is -3.47. The Labute approximate surface area is 182 Å². The van der Waals surface area contributed by atoms with E-state index in [1.54, 1.807) is 12.1 Å². The summed E-state index contributed by atoms with van der Waals surface area (Å²) < 4.78 is 45.3. The number of carboxylic acids is 1. The number of rotatable bonds is 6. The largest absolute Gasteiger partial charge is 0.489 e. The van der Waals surface area contributed by atoms with Crippen molar-refractivity contribution in [2.24, 2.45) is 5.92 Å². The lowest BCUT2D eigenvalue weighted by Crippen LogP contribution is -2.20. The number of aryl methyl sites for hydroxylation is 1. The Morgan fingerprint density at radius 2 is 2.09 bits per heavy atom. The van der Waals surface area contributed by atoms with Gasteiger partial charge in [-0.2, -0.15) is 18.4 Å². The molecule has 1 aliphatic carbocycles. The number of carboxylic acid groups (broad SMARTS) is 1. The third-order valence-corrected chi connectivity index (χ3v) is 6.14. The van der Waals surface area contributed by atoms with Gasteiger partial charge in [0.1, 0.15) is 12.4 Å². The third kappa shape index (κ3) is 3.91. The minimum absolute atomic E-state index is 0.0660. The van der Waals surface area contributed by atoms with E-state index < -0.39 is 29.2 Å². The number of nitrogens with zero attached hydrogens (tertiary/aromatic N) is 1. The summed E-state index contributed by atoms with van der Waals surface area (Å²) in [5.74, 6) is -0.803. The number of hydrogen-bond donors (Lipinski definition) is 2. The molecule has 0 fully saturated rings. The first-order valence-electron chi connectivity index (χ1n) is 10.3. The number of hydrogen-bond acceptors (Lipinski definition) is 3. The summed E-state index contributed by atoms with van der Waals surface area (Å²) in [6.07, 6.45) is -2.54. The molecule has 0 radical (unpaired) electrons. The first kappa shape index (κ1) is 21.8. The number of carbonyl (C=O) groups is 1. The predicted molar refractivity (Wildman–Crippen MR) is 111 cm³/mol. The standard InChI is InChI=1S/C24H21F3N2O3/c1-2-16(23(30)31)17-6-7-18-19-10-15(5-8-21(19)29-22(17)18)32-12-13-3-4-14(11-28)20(9-13)24(25,26)27/h3-5,8-10,16-17,29H,2,6-7,12H2,1H3,(H,30,31). The van der Waals surface area contributed by atoms with Gasteiger partial charge in [0.15, 0.2) is 0 Å². The number of nitriles is 1. The number of nitrogens with one attached hydrogen (secondary N) is 1. The maximum atomic E-state index is 13.2. The molecule has 5 nitrogen and oxygen atoms in total. The lowest BCUT2D eigenvalue weighted by molar-refractivity contribution is -0.142. The fraction of sp³-hybridized carbons (Fsp3) is 0.333. The van der Waals surface area contributed by atoms with Gasteiger partial charge in [0.25, 0.3) is 0 Å². The van der Waals surface area contributed by atoms with E-state index in [4.69, 9.17) is 10.00 Å². The highest BCUT2D eigenvalue weighted by Gasteiger charge is 2.36. The van der Waals surface area contributed by atoms with E-state index in [0.717, 1.165) is 47.1 Å². The first-order valence-corrected chi connectivity index (χ1v) is 10.3. The molecule has 0 bridgehead atoms. The summed E-state index contributed by atoms with van der Waals surface area (Å²) in [5.41, 5.74) is 1.82. The maximum Gasteiger partial charge on any atom is 0.417 e. The number of aromatic nitrogens is 1. The summed E-state index contributed by atoms with van der Waals surface area (Å²) in [6.45, 7) is 1.80. The molecule has 0 spiro atoms. The van der Waals surface area contributed by atoms with Crippen LogP contribution < -0.4 is 4.74 Å². The van der Waals surface area contributed by atoms with Crippen LogP contribution in [0.3, 0.4) is 0 Å². The van der Waals surface area contributed by atoms with Crippen molar-refractivity contribution in [2.75, 3.05) is 0 Å². The van der Waals surface area contributed by atoms with Crippen molar-refractivity contribution in [3.05, 3.63) is 64.3 Å². The molecule has 8 heteroatoms. The van der Waals surface area contributed by atoms with Crippen molar-refractivity contribution in [2.45, 2.75) is 44.9 Å². The highest BCUT2D eigenvalue weighted by atomic mass is 19.4. The zero-order chi connectivity index (χ0) is 23.0. The van der Waals surface area contributed by atoms with E-state index >= 15 is 0 Å². The molecular formula is C24H21F3N2O3. The van der Waals surface area contributed by atoms with Crippen LogP contribution in [0.15, 0.2) is 36.4 Å². The van der Waals surface area contributed by atoms with E-state index in [1.165, 1.54) is 6.07 Å². The van der Waals surface area contributed by atoms with Crippen molar-refractivity contribution in [1.82, 2.24) is 4.98 Å². The lowest BCUT2D eigenvalue weighted by Gasteiger charge is -2.17. The fourth-order valence-electron chi connectivity index (χ4n) is 4.58. The summed E-state index contributed by atoms with van der Waals surface area (Å²) >= 11 is 0. The Morgan fingerprint density at radius 1 is 1.31 bits per heavy atom. The second kappa shape index (κ2) is 8.23. The quantitative estimate of drug-likeness (QED) is 0.507. The Morgan fingerprint density at radius 3 is 2.75 bits per heavy atom. The van der Waals surface area contributed by atoms with Crippen LogP contribution >= 0.6 is 0 Å². The van der Waals surface area contributed by atoms with Crippen LogP contribution in [-0.4, -0.2) is 16.1 Å². The molecule has 0 aliphatic heterocycles. The molecule has 3 aromatic rings. The van der Waals surface area contributed by atoms with E-state index in [-0.39, 0.29) is 12.5 Å². The average Bonchev–Trinajstić information content (AvgIpc) is 3.31. The molecule has 0 saturated carbocycles. The van der Waals surface area contributed by atoms with Crippen molar-refractivity contribution in [3.8, 4) is 11.8 Å². The van der Waals surface area contributed by atoms with E-state index in [2.05, 4.69) is 4.98 Å². The topological polar surface area (TPSA) is 86.1 Å². The van der Waals surface area contributed by atoms with Gasteiger partial charge < -0.3 is 14.8 Å². The zero-order valence-corrected chi connectivity index (χ0v) is 17.3. The molecule has 4 rings (SSSR count). The molecule has 2 aromatic carbocycles. The average molecular weight is 442 g/mol. The van der Waals surface area contributed by atoms with Crippen LogP contribution in [0.5, 0.6) is 5.75 Å². The molecule has 166 valence electrons. The number of ether oxygens (including phenoxy) is 1. The van der Waals surface area contributed by atoms with E-state index in [9.17, 15) is 23.1 Å². The van der Waals surface area contributed by atoms with Gasteiger partial charge in [0.05, 0.1) is 23.1 Å². The molecule has 0 saturated heterocycles. The van der Waals surface area contributed by atoms with E-state index in [1.807, 2.05) is 19.1 Å². The number of aliphatic carboxylic acids is 1. The SMILES string of the molecule is CCC(C(=O)O)C1CCc2c1[nH]c1ccc(OCc3ccc(C#N)c(C(F)(F)F)c3)cc21. The zero-order valence-electron chi connectivity index (χ0n) is 17.3. The number of alkyl halides is 3. The van der Waals surface area contributed by atoms with Gasteiger partial charge in [0, 0.05) is 22.5 Å². The highest BCUT2D eigenvalue weighted by Crippen LogP contribution is 2.43. The lowest BCUT2D eigenvalue weighted by atomic mass is 9.88. The van der Waals surface area contributed by atoms with Crippen molar-refractivity contribution < 1.29 is 27.8 Å². The Balaban J connectivity index is 1.58. The second-order valence-corrected chi connectivity index (χ2v) is 8.00. The summed E-state index contributed by atoms with van der Waals surface area (Å²) in [6, 6.07) is 10.5. The van der Waals surface area contributed by atoms with Crippen LogP contribution in [0.1, 0.15) is 53.6 Å². The van der Waals surface area contributed by atoms with Crippen molar-refractivity contribution >= 4 is 16.9 Å². The van der Waals surface area contributed by atoms with Gasteiger partial charge in [-0.1, -0.05) is 13.0 Å². The minimum Gasteiger partial charge on any atom is -0.489 e. The van der Waals surface area contributed by atoms with Gasteiger partial charge in [-0.05, 0) is 60.7 Å². The Kier molecular flexibility index (Phi) is 5.59. The second-order valence-electron chi connectivity index (χ2n) is 8.00. The van der Waals surface area contributed by atoms with Gasteiger partial charge in [-0.15, -0.1) is 0 Å².